The molecule has 0 atom stereocenters. The first-order valence-electron chi connectivity index (χ1n) is 7.33. The standard InChI is InChI=1S/C15H22BrNO3S/c1-3-17(13-6-4-5-7-13)21(19,20)15-9-12(10-18)8-14(16)11(15)2/h8-9,13,18H,3-7,10H2,1-2H3. The maximum absolute atomic E-state index is 13.0. The Kier molecular flexibility index (Phi) is 5.46. The largest absolute Gasteiger partial charge is 0.392 e. The molecule has 0 aromatic heterocycles. The van der Waals surface area contributed by atoms with Crippen molar-refractivity contribution in [1.29, 1.82) is 0 Å². The number of hydrogen-bond acceptors (Lipinski definition) is 3. The van der Waals surface area contributed by atoms with Crippen molar-refractivity contribution in [2.45, 2.75) is 57.1 Å². The zero-order chi connectivity index (χ0) is 15.6. The molecule has 1 aromatic carbocycles. The van der Waals surface area contributed by atoms with E-state index < -0.39 is 10.0 Å². The summed E-state index contributed by atoms with van der Waals surface area (Å²) in [5, 5.41) is 9.32. The Bertz CT molecular complexity index is 610. The van der Waals surface area contributed by atoms with Gasteiger partial charge in [-0.3, -0.25) is 0 Å². The van der Waals surface area contributed by atoms with E-state index in [-0.39, 0.29) is 12.6 Å². The summed E-state index contributed by atoms with van der Waals surface area (Å²) in [6.07, 6.45) is 4.06. The lowest BCUT2D eigenvalue weighted by atomic mass is 10.2. The summed E-state index contributed by atoms with van der Waals surface area (Å²) in [6.45, 7) is 3.99. The van der Waals surface area contributed by atoms with Crippen molar-refractivity contribution in [2.24, 2.45) is 0 Å². The molecule has 6 heteroatoms. The van der Waals surface area contributed by atoms with E-state index in [1.165, 1.54) is 0 Å². The fourth-order valence-corrected chi connectivity index (χ4v) is 5.64. The van der Waals surface area contributed by atoms with Gasteiger partial charge in [0, 0.05) is 17.1 Å². The van der Waals surface area contributed by atoms with Crippen molar-refractivity contribution in [3.63, 3.8) is 0 Å². The lowest BCUT2D eigenvalue weighted by Crippen LogP contribution is -2.38. The molecule has 1 N–H and O–H groups in total. The molecule has 0 bridgehead atoms. The summed E-state index contributed by atoms with van der Waals surface area (Å²) in [4.78, 5) is 0.301. The number of hydrogen-bond donors (Lipinski definition) is 1. The summed E-state index contributed by atoms with van der Waals surface area (Å²) in [5.41, 5.74) is 1.30. The van der Waals surface area contributed by atoms with Crippen LogP contribution in [0.25, 0.3) is 0 Å². The van der Waals surface area contributed by atoms with Gasteiger partial charge in [0.05, 0.1) is 11.5 Å². The number of rotatable bonds is 5. The van der Waals surface area contributed by atoms with Gasteiger partial charge in [0.15, 0.2) is 0 Å². The number of benzene rings is 1. The Morgan fingerprint density at radius 3 is 2.48 bits per heavy atom. The molecule has 118 valence electrons. The van der Waals surface area contributed by atoms with Crippen molar-refractivity contribution in [3.8, 4) is 0 Å². The first-order valence-corrected chi connectivity index (χ1v) is 9.56. The highest BCUT2D eigenvalue weighted by Gasteiger charge is 2.33. The average molecular weight is 376 g/mol. The smallest absolute Gasteiger partial charge is 0.243 e. The summed E-state index contributed by atoms with van der Waals surface area (Å²) in [5.74, 6) is 0. The fourth-order valence-electron chi connectivity index (χ4n) is 3.01. The Labute approximate surface area is 135 Å². The van der Waals surface area contributed by atoms with Crippen molar-refractivity contribution in [2.75, 3.05) is 6.54 Å². The molecule has 4 nitrogen and oxygen atoms in total. The average Bonchev–Trinajstić information content (AvgIpc) is 2.95. The third kappa shape index (κ3) is 3.33. The first-order chi connectivity index (χ1) is 9.91. The fraction of sp³-hybridized carbons (Fsp3) is 0.600. The minimum absolute atomic E-state index is 0.107. The molecule has 0 heterocycles. The highest BCUT2D eigenvalue weighted by atomic mass is 79.9. The zero-order valence-electron chi connectivity index (χ0n) is 12.5. The van der Waals surface area contributed by atoms with E-state index in [1.807, 2.05) is 6.92 Å². The number of aliphatic hydroxyl groups is 1. The van der Waals surface area contributed by atoms with Gasteiger partial charge in [0.2, 0.25) is 10.0 Å². The van der Waals surface area contributed by atoms with E-state index in [0.29, 0.717) is 22.6 Å². The third-order valence-electron chi connectivity index (χ3n) is 4.17. The van der Waals surface area contributed by atoms with Crippen molar-refractivity contribution in [1.82, 2.24) is 4.31 Å². The van der Waals surface area contributed by atoms with E-state index in [4.69, 9.17) is 0 Å². The van der Waals surface area contributed by atoms with Crippen LogP contribution in [0.3, 0.4) is 0 Å². The van der Waals surface area contributed by atoms with Gasteiger partial charge in [-0.2, -0.15) is 4.31 Å². The molecule has 1 aliphatic rings. The lowest BCUT2D eigenvalue weighted by Gasteiger charge is -2.27. The zero-order valence-corrected chi connectivity index (χ0v) is 14.9. The van der Waals surface area contributed by atoms with Gasteiger partial charge in [-0.05, 0) is 43.0 Å². The molecular weight excluding hydrogens is 354 g/mol. The summed E-state index contributed by atoms with van der Waals surface area (Å²) in [7, 11) is -3.53. The van der Waals surface area contributed by atoms with Crippen LogP contribution in [0.5, 0.6) is 0 Å². The van der Waals surface area contributed by atoms with Crippen molar-refractivity contribution < 1.29 is 13.5 Å². The van der Waals surface area contributed by atoms with Crippen LogP contribution in [0.15, 0.2) is 21.5 Å². The van der Waals surface area contributed by atoms with E-state index >= 15 is 0 Å². The first kappa shape index (κ1) is 16.9. The molecule has 0 radical (unpaired) electrons. The minimum Gasteiger partial charge on any atom is -0.392 e. The van der Waals surface area contributed by atoms with Gasteiger partial charge < -0.3 is 5.11 Å². The molecule has 1 fully saturated rings. The van der Waals surface area contributed by atoms with Crippen LogP contribution in [0.4, 0.5) is 0 Å². The Morgan fingerprint density at radius 2 is 1.95 bits per heavy atom. The quantitative estimate of drug-likeness (QED) is 0.859. The predicted molar refractivity (Wildman–Crippen MR) is 86.6 cm³/mol. The maximum atomic E-state index is 13.0. The van der Waals surface area contributed by atoms with Crippen LogP contribution in [0.2, 0.25) is 0 Å². The Balaban J connectivity index is 2.49. The SMILES string of the molecule is CCN(C1CCCC1)S(=O)(=O)c1cc(CO)cc(Br)c1C. The Morgan fingerprint density at radius 1 is 1.33 bits per heavy atom. The number of sulfonamides is 1. The summed E-state index contributed by atoms with van der Waals surface area (Å²) < 4.78 is 28.4. The van der Waals surface area contributed by atoms with Crippen LogP contribution in [0.1, 0.15) is 43.7 Å². The molecule has 0 amide bonds. The van der Waals surface area contributed by atoms with Gasteiger partial charge in [-0.1, -0.05) is 35.7 Å². The second-order valence-electron chi connectivity index (χ2n) is 5.51. The molecule has 1 aliphatic carbocycles. The molecule has 1 saturated carbocycles. The predicted octanol–water partition coefficient (Wildman–Crippen LogP) is 3.20. The minimum atomic E-state index is -3.53. The second-order valence-corrected chi connectivity index (χ2v) is 8.22. The number of aliphatic hydroxyl groups excluding tert-OH is 1. The second kappa shape index (κ2) is 6.77. The molecule has 0 saturated heterocycles. The topological polar surface area (TPSA) is 57.6 Å². The van der Waals surface area contributed by atoms with Crippen molar-refractivity contribution in [3.05, 3.63) is 27.7 Å². The molecule has 0 unspecified atom stereocenters. The van der Waals surface area contributed by atoms with E-state index in [9.17, 15) is 13.5 Å². The molecule has 21 heavy (non-hydrogen) atoms. The molecule has 1 aromatic rings. The molecule has 0 spiro atoms. The van der Waals surface area contributed by atoms with Gasteiger partial charge >= 0.3 is 0 Å². The van der Waals surface area contributed by atoms with Crippen LogP contribution >= 0.6 is 15.9 Å². The van der Waals surface area contributed by atoms with E-state index in [2.05, 4.69) is 15.9 Å². The van der Waals surface area contributed by atoms with Crippen molar-refractivity contribution >= 4 is 26.0 Å². The third-order valence-corrected chi connectivity index (χ3v) is 7.15. The summed E-state index contributed by atoms with van der Waals surface area (Å²) in [6, 6.07) is 3.46. The normalized spacial score (nSPS) is 16.8. The van der Waals surface area contributed by atoms with Crippen LogP contribution in [-0.2, 0) is 16.6 Å². The van der Waals surface area contributed by atoms with E-state index in [0.717, 1.165) is 30.2 Å². The highest BCUT2D eigenvalue weighted by molar-refractivity contribution is 9.10. The number of halogens is 1. The van der Waals surface area contributed by atoms with Crippen LogP contribution in [0, 0.1) is 6.92 Å². The van der Waals surface area contributed by atoms with Gasteiger partial charge in [0.25, 0.3) is 0 Å². The maximum Gasteiger partial charge on any atom is 0.243 e. The molecule has 0 aliphatic heterocycles. The highest BCUT2D eigenvalue weighted by Crippen LogP contribution is 2.32. The molecular formula is C15H22BrNO3S. The number of nitrogens with zero attached hydrogens (tertiary/aromatic N) is 1. The van der Waals surface area contributed by atoms with E-state index in [1.54, 1.807) is 23.4 Å². The van der Waals surface area contributed by atoms with Crippen LogP contribution in [-0.4, -0.2) is 30.4 Å². The van der Waals surface area contributed by atoms with Gasteiger partial charge in [-0.15, -0.1) is 0 Å². The lowest BCUT2D eigenvalue weighted by molar-refractivity contribution is 0.281. The summed E-state index contributed by atoms with van der Waals surface area (Å²) >= 11 is 3.39. The van der Waals surface area contributed by atoms with Crippen LogP contribution < -0.4 is 0 Å². The van der Waals surface area contributed by atoms with Gasteiger partial charge in [0.1, 0.15) is 0 Å². The monoisotopic (exact) mass is 375 g/mol. The van der Waals surface area contributed by atoms with Gasteiger partial charge in [-0.25, -0.2) is 8.42 Å². The Hall–Kier alpha value is -0.430. The molecule has 2 rings (SSSR count).